The summed E-state index contributed by atoms with van der Waals surface area (Å²) in [7, 11) is 0. The lowest BCUT2D eigenvalue weighted by molar-refractivity contribution is 0.661. The topological polar surface area (TPSA) is 15.3 Å². The maximum Gasteiger partial charge on any atom is 0.0543 e. The average Bonchev–Trinajstić information content (AvgIpc) is 3.74. The number of hydrogen-bond donors (Lipinski definition) is 1. The summed E-state index contributed by atoms with van der Waals surface area (Å²) in [5, 5.41) is 8.89. The van der Waals surface area contributed by atoms with Crippen molar-refractivity contribution in [3.05, 3.63) is 252 Å². The number of benzene rings is 10. The Kier molecular flexibility index (Phi) is 9.97. The number of fused-ring (bicyclic) bond motifs is 10. The standard InChI is InChI=1S/C37H29N.C26H23N/c1-37(2)33-20-12-11-19-32(33)36-31-18-10-9-17-30(31)35(25-34(36)37)38(28-15-7-4-8-16-28)29-23-21-27(22-24-29)26-13-5-3-6-14-26;1-26(2)22-15-9-8-14-21(22)25-20-13-7-6-12-19(20)24(16-23(25)26)27-17-18-10-4-3-5-11-18/h3-25H,1-2H3;3-16,27H,17H2,1-2H3. The molecular weight excluding hydrogens is 785 g/mol. The molecule has 65 heavy (non-hydrogen) atoms. The molecule has 2 nitrogen and oxygen atoms in total. The van der Waals surface area contributed by atoms with Gasteiger partial charge in [-0.3, -0.25) is 0 Å². The molecule has 0 saturated heterocycles. The molecule has 0 unspecified atom stereocenters. The van der Waals surface area contributed by atoms with Crippen molar-refractivity contribution in [1.82, 2.24) is 0 Å². The van der Waals surface area contributed by atoms with Crippen LogP contribution in [0, 0.1) is 0 Å². The SMILES string of the molecule is CC1(C)c2ccccc2-c2c1cc(N(c1ccccc1)c1ccc(-c3ccccc3)cc1)c1ccccc21.CC1(C)c2ccccc2-c2c1cc(NCc1ccccc1)c1ccccc21. The van der Waals surface area contributed by atoms with Crippen LogP contribution in [0.5, 0.6) is 0 Å². The van der Waals surface area contributed by atoms with Crippen molar-refractivity contribution in [2.75, 3.05) is 10.2 Å². The first-order chi connectivity index (χ1) is 31.8. The van der Waals surface area contributed by atoms with E-state index in [2.05, 4.69) is 262 Å². The molecule has 0 heterocycles. The monoisotopic (exact) mass is 836 g/mol. The predicted octanol–water partition coefficient (Wildman–Crippen LogP) is 17.0. The number of nitrogens with zero attached hydrogens (tertiary/aromatic N) is 1. The highest BCUT2D eigenvalue weighted by atomic mass is 15.1. The predicted molar refractivity (Wildman–Crippen MR) is 277 cm³/mol. The molecule has 2 aliphatic rings. The molecular formula is C63H52N2. The highest BCUT2D eigenvalue weighted by Crippen LogP contribution is 2.55. The second kappa shape index (κ2) is 16.1. The van der Waals surface area contributed by atoms with Crippen LogP contribution in [0.4, 0.5) is 22.7 Å². The minimum atomic E-state index is -0.0791. The van der Waals surface area contributed by atoms with Crippen molar-refractivity contribution >= 4 is 44.3 Å². The van der Waals surface area contributed by atoms with E-state index in [1.165, 1.54) is 94.1 Å². The van der Waals surface area contributed by atoms with Gasteiger partial charge >= 0.3 is 0 Å². The van der Waals surface area contributed by atoms with Crippen molar-refractivity contribution in [2.24, 2.45) is 0 Å². The van der Waals surface area contributed by atoms with E-state index < -0.39 is 0 Å². The van der Waals surface area contributed by atoms with Crippen LogP contribution in [0.2, 0.25) is 0 Å². The summed E-state index contributed by atoms with van der Waals surface area (Å²) in [6.07, 6.45) is 0. The fourth-order valence-corrected chi connectivity index (χ4v) is 10.6. The number of hydrogen-bond acceptors (Lipinski definition) is 2. The third-order valence-electron chi connectivity index (χ3n) is 14.0. The Morgan fingerprint density at radius 1 is 0.369 bits per heavy atom. The van der Waals surface area contributed by atoms with E-state index in [4.69, 9.17) is 0 Å². The normalized spacial score (nSPS) is 13.5. The van der Waals surface area contributed by atoms with Crippen LogP contribution < -0.4 is 10.2 Å². The Hall–Kier alpha value is -7.68. The first kappa shape index (κ1) is 40.1. The van der Waals surface area contributed by atoms with E-state index in [9.17, 15) is 0 Å². The van der Waals surface area contributed by atoms with Gasteiger partial charge in [-0.2, -0.15) is 0 Å². The molecule has 0 spiro atoms. The van der Waals surface area contributed by atoms with Crippen molar-refractivity contribution in [3.63, 3.8) is 0 Å². The number of nitrogens with one attached hydrogen (secondary N) is 1. The third-order valence-corrected chi connectivity index (χ3v) is 14.0. The third kappa shape index (κ3) is 6.89. The van der Waals surface area contributed by atoms with Crippen LogP contribution in [0.3, 0.4) is 0 Å². The molecule has 1 N–H and O–H groups in total. The maximum absolute atomic E-state index is 3.70. The average molecular weight is 837 g/mol. The van der Waals surface area contributed by atoms with Crippen LogP contribution in [-0.2, 0) is 17.4 Å². The van der Waals surface area contributed by atoms with Gasteiger partial charge in [-0.15, -0.1) is 0 Å². The van der Waals surface area contributed by atoms with E-state index in [1.54, 1.807) is 0 Å². The Labute approximate surface area is 383 Å². The van der Waals surface area contributed by atoms with Crippen LogP contribution in [0.15, 0.2) is 224 Å². The second-order valence-electron chi connectivity index (χ2n) is 18.5. The van der Waals surface area contributed by atoms with Gasteiger partial charge in [-0.1, -0.05) is 216 Å². The molecule has 0 aromatic heterocycles. The first-order valence-corrected chi connectivity index (χ1v) is 22.9. The molecule has 2 aliphatic carbocycles. The molecule has 0 aliphatic heterocycles. The van der Waals surface area contributed by atoms with Gasteiger partial charge in [-0.05, 0) is 108 Å². The summed E-state index contributed by atoms with van der Waals surface area (Å²) in [6.45, 7) is 10.2. The molecule has 0 saturated carbocycles. The summed E-state index contributed by atoms with van der Waals surface area (Å²) in [5.74, 6) is 0. The highest BCUT2D eigenvalue weighted by molar-refractivity contribution is 6.10. The number of para-hydroxylation sites is 1. The summed E-state index contributed by atoms with van der Waals surface area (Å²) >= 11 is 0. The lowest BCUT2D eigenvalue weighted by Crippen LogP contribution is -2.17. The molecule has 12 rings (SSSR count). The van der Waals surface area contributed by atoms with E-state index >= 15 is 0 Å². The van der Waals surface area contributed by atoms with E-state index in [1.807, 2.05) is 0 Å². The zero-order valence-electron chi connectivity index (χ0n) is 37.5. The van der Waals surface area contributed by atoms with Crippen molar-refractivity contribution in [2.45, 2.75) is 45.1 Å². The summed E-state index contributed by atoms with van der Waals surface area (Å²) in [5.41, 5.74) is 19.5. The van der Waals surface area contributed by atoms with Gasteiger partial charge in [0.1, 0.15) is 0 Å². The van der Waals surface area contributed by atoms with Crippen molar-refractivity contribution < 1.29 is 0 Å². The van der Waals surface area contributed by atoms with Gasteiger partial charge in [0.2, 0.25) is 0 Å². The second-order valence-corrected chi connectivity index (χ2v) is 18.5. The van der Waals surface area contributed by atoms with Gasteiger partial charge in [0, 0.05) is 45.2 Å². The molecule has 0 radical (unpaired) electrons. The van der Waals surface area contributed by atoms with Crippen LogP contribution >= 0.6 is 0 Å². The number of rotatable bonds is 7. The Balaban J connectivity index is 0.000000153. The fraction of sp³-hybridized carbons (Fsp3) is 0.111. The van der Waals surface area contributed by atoms with Crippen LogP contribution in [0.25, 0.3) is 54.9 Å². The maximum atomic E-state index is 3.70. The fourth-order valence-electron chi connectivity index (χ4n) is 10.6. The molecule has 0 bridgehead atoms. The molecule has 0 amide bonds. The highest BCUT2D eigenvalue weighted by Gasteiger charge is 2.38. The Morgan fingerprint density at radius 2 is 0.800 bits per heavy atom. The zero-order chi connectivity index (χ0) is 44.1. The lowest BCUT2D eigenvalue weighted by Gasteiger charge is -2.30. The minimum Gasteiger partial charge on any atom is -0.380 e. The summed E-state index contributed by atoms with van der Waals surface area (Å²) < 4.78 is 0. The van der Waals surface area contributed by atoms with E-state index in [0.29, 0.717) is 0 Å². The molecule has 0 atom stereocenters. The zero-order valence-corrected chi connectivity index (χ0v) is 37.5. The molecule has 10 aromatic rings. The van der Waals surface area contributed by atoms with Crippen molar-refractivity contribution in [3.8, 4) is 33.4 Å². The largest absolute Gasteiger partial charge is 0.380 e. The van der Waals surface area contributed by atoms with Crippen molar-refractivity contribution in [1.29, 1.82) is 0 Å². The molecule has 314 valence electrons. The van der Waals surface area contributed by atoms with Gasteiger partial charge in [-0.25, -0.2) is 0 Å². The summed E-state index contributed by atoms with van der Waals surface area (Å²) in [6, 6.07) is 81.1. The lowest BCUT2D eigenvalue weighted by atomic mass is 9.81. The smallest absolute Gasteiger partial charge is 0.0543 e. The number of anilines is 4. The van der Waals surface area contributed by atoms with Gasteiger partial charge in [0.05, 0.1) is 5.69 Å². The van der Waals surface area contributed by atoms with Gasteiger partial charge in [0.15, 0.2) is 0 Å². The quantitative estimate of drug-likeness (QED) is 0.172. The Bertz CT molecular complexity index is 3350. The van der Waals surface area contributed by atoms with Gasteiger partial charge in [0.25, 0.3) is 0 Å². The van der Waals surface area contributed by atoms with E-state index in [-0.39, 0.29) is 10.8 Å². The van der Waals surface area contributed by atoms with E-state index in [0.717, 1.165) is 17.9 Å². The Morgan fingerprint density at radius 3 is 1.40 bits per heavy atom. The molecule has 10 aromatic carbocycles. The first-order valence-electron chi connectivity index (χ1n) is 22.9. The van der Waals surface area contributed by atoms with Crippen LogP contribution in [0.1, 0.15) is 55.5 Å². The molecule has 0 fully saturated rings. The van der Waals surface area contributed by atoms with Crippen LogP contribution in [-0.4, -0.2) is 0 Å². The summed E-state index contributed by atoms with van der Waals surface area (Å²) in [4.78, 5) is 2.41. The molecule has 2 heteroatoms. The minimum absolute atomic E-state index is 0.0130. The van der Waals surface area contributed by atoms with Gasteiger partial charge < -0.3 is 10.2 Å².